The number of carbonyl (C=O) groups is 2. The number of nitrogens with one attached hydrogen (secondary N) is 1. The van der Waals surface area contributed by atoms with Crippen molar-refractivity contribution in [3.63, 3.8) is 0 Å². The molecule has 0 fully saturated rings. The first-order valence-electron chi connectivity index (χ1n) is 9.45. The van der Waals surface area contributed by atoms with Gasteiger partial charge in [0.15, 0.2) is 0 Å². The van der Waals surface area contributed by atoms with Crippen molar-refractivity contribution in [2.75, 3.05) is 7.05 Å². The highest BCUT2D eigenvalue weighted by atomic mass is 32.2. The van der Waals surface area contributed by atoms with E-state index in [0.717, 1.165) is 22.1 Å². The van der Waals surface area contributed by atoms with Gasteiger partial charge in [-0.3, -0.25) is 9.59 Å². The van der Waals surface area contributed by atoms with Gasteiger partial charge in [-0.2, -0.15) is 0 Å². The second-order valence-electron chi connectivity index (χ2n) is 6.54. The van der Waals surface area contributed by atoms with E-state index in [-0.39, 0.29) is 11.8 Å². The van der Waals surface area contributed by atoms with Crippen LogP contribution in [0.25, 0.3) is 0 Å². The summed E-state index contributed by atoms with van der Waals surface area (Å²) in [5, 5.41) is 4.83. The van der Waals surface area contributed by atoms with Gasteiger partial charge in [-0.05, 0) is 16.5 Å². The van der Waals surface area contributed by atoms with Crippen LogP contribution in [0, 0.1) is 0 Å². The second-order valence-corrected chi connectivity index (χ2v) is 8.39. The molecule has 2 aromatic carbocycles. The molecule has 1 N–H and O–H groups in total. The highest BCUT2D eigenvalue weighted by Crippen LogP contribution is 2.38. The summed E-state index contributed by atoms with van der Waals surface area (Å²) in [5.74, 6) is 1.22. The zero-order valence-corrected chi connectivity index (χ0v) is 18.2. The Morgan fingerprint density at radius 3 is 2.17 bits per heavy atom. The SMILES string of the molecule is CCC(=O)NC1=C(SCc2ccccc2)C(=CSCc2ccccc2)N(C)C1=O. The molecule has 0 radical (unpaired) electrons. The Labute approximate surface area is 180 Å². The van der Waals surface area contributed by atoms with Crippen molar-refractivity contribution < 1.29 is 9.59 Å². The summed E-state index contributed by atoms with van der Waals surface area (Å²) in [4.78, 5) is 27.3. The van der Waals surface area contributed by atoms with Crippen molar-refractivity contribution in [2.24, 2.45) is 0 Å². The molecule has 2 amide bonds. The Morgan fingerprint density at radius 2 is 1.59 bits per heavy atom. The maximum absolute atomic E-state index is 12.8. The zero-order valence-electron chi connectivity index (χ0n) is 16.6. The van der Waals surface area contributed by atoms with Gasteiger partial charge in [0, 0.05) is 25.0 Å². The molecular formula is C23H24N2O2S2. The highest BCUT2D eigenvalue weighted by molar-refractivity contribution is 8.03. The Kier molecular flexibility index (Phi) is 7.61. The lowest BCUT2D eigenvalue weighted by Gasteiger charge is -2.13. The minimum absolute atomic E-state index is 0.155. The predicted octanol–water partition coefficient (Wildman–Crippen LogP) is 4.90. The number of thioether (sulfide) groups is 2. The van der Waals surface area contributed by atoms with Crippen molar-refractivity contribution in [1.29, 1.82) is 0 Å². The fourth-order valence-corrected chi connectivity index (χ4v) is 4.90. The maximum atomic E-state index is 12.8. The normalized spacial score (nSPS) is 15.3. The van der Waals surface area contributed by atoms with E-state index in [1.807, 2.05) is 41.8 Å². The van der Waals surface area contributed by atoms with Crippen molar-refractivity contribution in [3.05, 3.63) is 93.5 Å². The molecule has 0 spiro atoms. The lowest BCUT2D eigenvalue weighted by atomic mass is 10.2. The molecule has 1 heterocycles. The number of benzene rings is 2. The molecule has 2 aromatic rings. The first kappa shape index (κ1) is 21.3. The van der Waals surface area contributed by atoms with Crippen LogP contribution in [-0.2, 0) is 21.1 Å². The van der Waals surface area contributed by atoms with Gasteiger partial charge in [-0.1, -0.05) is 67.6 Å². The molecule has 1 aliphatic heterocycles. The summed E-state index contributed by atoms with van der Waals surface area (Å²) in [6, 6.07) is 20.3. The van der Waals surface area contributed by atoms with E-state index in [4.69, 9.17) is 0 Å². The molecule has 3 rings (SSSR count). The Morgan fingerprint density at radius 1 is 1.00 bits per heavy atom. The minimum atomic E-state index is -0.172. The Bertz CT molecular complexity index is 924. The molecule has 0 atom stereocenters. The number of rotatable bonds is 8. The molecule has 0 saturated heterocycles. The topological polar surface area (TPSA) is 49.4 Å². The van der Waals surface area contributed by atoms with Crippen molar-refractivity contribution in [3.8, 4) is 0 Å². The third-order valence-electron chi connectivity index (χ3n) is 4.44. The van der Waals surface area contributed by atoms with Crippen LogP contribution in [0.3, 0.4) is 0 Å². The van der Waals surface area contributed by atoms with Gasteiger partial charge in [-0.15, -0.1) is 23.5 Å². The summed E-state index contributed by atoms with van der Waals surface area (Å²) in [7, 11) is 1.76. The van der Waals surface area contributed by atoms with E-state index in [0.29, 0.717) is 12.1 Å². The summed E-state index contributed by atoms with van der Waals surface area (Å²) < 4.78 is 0. The van der Waals surface area contributed by atoms with Gasteiger partial charge in [0.2, 0.25) is 5.91 Å². The van der Waals surface area contributed by atoms with Crippen LogP contribution >= 0.6 is 23.5 Å². The van der Waals surface area contributed by atoms with Crippen LogP contribution in [0.4, 0.5) is 0 Å². The summed E-state index contributed by atoms with van der Waals surface area (Å²) in [5.41, 5.74) is 3.61. The van der Waals surface area contributed by atoms with Crippen LogP contribution in [0.2, 0.25) is 0 Å². The smallest absolute Gasteiger partial charge is 0.275 e. The first-order chi connectivity index (χ1) is 14.1. The molecule has 0 aromatic heterocycles. The molecule has 6 heteroatoms. The minimum Gasteiger partial charge on any atom is -0.320 e. The largest absolute Gasteiger partial charge is 0.320 e. The monoisotopic (exact) mass is 424 g/mol. The van der Waals surface area contributed by atoms with E-state index in [1.54, 1.807) is 42.4 Å². The average molecular weight is 425 g/mol. The molecule has 29 heavy (non-hydrogen) atoms. The van der Waals surface area contributed by atoms with E-state index in [1.165, 1.54) is 11.1 Å². The predicted molar refractivity (Wildman–Crippen MR) is 122 cm³/mol. The van der Waals surface area contributed by atoms with Crippen molar-refractivity contribution >= 4 is 35.3 Å². The summed E-state index contributed by atoms with van der Waals surface area (Å²) in [6.07, 6.45) is 0.332. The third-order valence-corrected chi connectivity index (χ3v) is 6.51. The maximum Gasteiger partial charge on any atom is 0.275 e. The Balaban J connectivity index is 1.83. The van der Waals surface area contributed by atoms with Gasteiger partial charge in [0.1, 0.15) is 5.70 Å². The van der Waals surface area contributed by atoms with Crippen LogP contribution in [0.1, 0.15) is 24.5 Å². The van der Waals surface area contributed by atoms with E-state index in [2.05, 4.69) is 29.6 Å². The fourth-order valence-electron chi connectivity index (χ4n) is 2.79. The van der Waals surface area contributed by atoms with Crippen LogP contribution in [0.15, 0.2) is 82.4 Å². The van der Waals surface area contributed by atoms with E-state index < -0.39 is 0 Å². The second kappa shape index (κ2) is 10.4. The van der Waals surface area contributed by atoms with Crippen molar-refractivity contribution in [1.82, 2.24) is 10.2 Å². The van der Waals surface area contributed by atoms with Gasteiger partial charge >= 0.3 is 0 Å². The number of amides is 2. The number of hydrogen-bond acceptors (Lipinski definition) is 4. The number of nitrogens with zero attached hydrogens (tertiary/aromatic N) is 1. The molecule has 150 valence electrons. The zero-order chi connectivity index (χ0) is 20.6. The van der Waals surface area contributed by atoms with Gasteiger partial charge < -0.3 is 10.2 Å². The quantitative estimate of drug-likeness (QED) is 0.655. The first-order valence-corrected chi connectivity index (χ1v) is 11.5. The van der Waals surface area contributed by atoms with Gasteiger partial charge in [0.25, 0.3) is 5.91 Å². The lowest BCUT2D eigenvalue weighted by molar-refractivity contribution is -0.126. The molecule has 1 aliphatic rings. The van der Waals surface area contributed by atoms with Gasteiger partial charge in [-0.25, -0.2) is 0 Å². The Hall–Kier alpha value is -2.44. The molecule has 0 unspecified atom stereocenters. The molecule has 0 bridgehead atoms. The third kappa shape index (κ3) is 5.55. The number of hydrogen-bond donors (Lipinski definition) is 1. The van der Waals surface area contributed by atoms with Crippen LogP contribution in [0.5, 0.6) is 0 Å². The van der Waals surface area contributed by atoms with E-state index >= 15 is 0 Å². The molecular weight excluding hydrogens is 400 g/mol. The summed E-state index contributed by atoms with van der Waals surface area (Å²) in [6.45, 7) is 1.78. The molecule has 4 nitrogen and oxygen atoms in total. The molecule has 0 aliphatic carbocycles. The van der Waals surface area contributed by atoms with Crippen LogP contribution < -0.4 is 5.32 Å². The highest BCUT2D eigenvalue weighted by Gasteiger charge is 2.33. The number of likely N-dealkylation sites (N-methyl/N-ethyl adjacent to an activating group) is 1. The van der Waals surface area contributed by atoms with Gasteiger partial charge in [0.05, 0.1) is 10.6 Å². The lowest BCUT2D eigenvalue weighted by Crippen LogP contribution is -2.30. The standard InChI is InChI=1S/C23H24N2O2S2/c1-3-20(26)24-21-22(29-15-18-12-8-5-9-13-18)19(25(2)23(21)27)16-28-14-17-10-6-4-7-11-17/h4-13,16H,3,14-15H2,1-2H3,(H,24,26). The van der Waals surface area contributed by atoms with Crippen molar-refractivity contribution in [2.45, 2.75) is 24.9 Å². The fraction of sp³-hybridized carbons (Fsp3) is 0.217. The summed E-state index contributed by atoms with van der Waals surface area (Å²) >= 11 is 3.23. The van der Waals surface area contributed by atoms with E-state index in [9.17, 15) is 9.59 Å². The number of carbonyl (C=O) groups excluding carboxylic acids is 2. The molecule has 0 saturated carbocycles. The van der Waals surface area contributed by atoms with Crippen LogP contribution in [-0.4, -0.2) is 23.8 Å². The average Bonchev–Trinajstić information content (AvgIpc) is 2.98.